The molecule has 0 aliphatic carbocycles. The Kier molecular flexibility index (Phi) is 6.60. The van der Waals surface area contributed by atoms with Crippen molar-refractivity contribution in [3.63, 3.8) is 0 Å². The number of benzene rings is 2. The molecule has 166 valence electrons. The van der Waals surface area contributed by atoms with Crippen molar-refractivity contribution < 1.29 is 19.2 Å². The van der Waals surface area contributed by atoms with Crippen LogP contribution in [0, 0.1) is 0 Å². The van der Waals surface area contributed by atoms with Crippen LogP contribution in [-0.2, 0) is 14.4 Å². The summed E-state index contributed by atoms with van der Waals surface area (Å²) in [6, 6.07) is 13.9. The number of hydrogen-bond donors (Lipinski definition) is 1. The van der Waals surface area contributed by atoms with Crippen LogP contribution in [-0.4, -0.2) is 53.3 Å². The number of fused-ring (bicyclic) bond motifs is 1. The first-order valence-electron chi connectivity index (χ1n) is 10.7. The van der Waals surface area contributed by atoms with Crippen molar-refractivity contribution >= 4 is 46.6 Å². The van der Waals surface area contributed by atoms with Crippen LogP contribution < -0.4 is 10.2 Å². The summed E-state index contributed by atoms with van der Waals surface area (Å²) in [6.07, 6.45) is 2.99. The van der Waals surface area contributed by atoms with E-state index in [2.05, 4.69) is 5.32 Å². The van der Waals surface area contributed by atoms with Crippen molar-refractivity contribution in [2.45, 2.75) is 36.3 Å². The van der Waals surface area contributed by atoms with E-state index in [9.17, 15) is 19.2 Å². The molecule has 0 spiro atoms. The third kappa shape index (κ3) is 4.70. The van der Waals surface area contributed by atoms with Crippen LogP contribution in [0.3, 0.4) is 0 Å². The number of carbonyl (C=O) groups excluding carboxylic acids is 4. The smallest absolute Gasteiger partial charge is 0.250 e. The zero-order valence-electron chi connectivity index (χ0n) is 17.9. The lowest BCUT2D eigenvalue weighted by atomic mass is 10.1. The number of likely N-dealkylation sites (tertiary alicyclic amines) is 1. The highest BCUT2D eigenvalue weighted by Crippen LogP contribution is 2.39. The summed E-state index contributed by atoms with van der Waals surface area (Å²) in [7, 11) is 0. The van der Waals surface area contributed by atoms with Crippen molar-refractivity contribution in [3.8, 4) is 0 Å². The molecule has 8 heteroatoms. The number of thioether (sulfide) groups is 1. The van der Waals surface area contributed by atoms with Gasteiger partial charge in [-0.15, -0.1) is 11.8 Å². The molecule has 2 aliphatic rings. The molecule has 2 aromatic carbocycles. The highest BCUT2D eigenvalue weighted by molar-refractivity contribution is 8.01. The predicted molar refractivity (Wildman–Crippen MR) is 124 cm³/mol. The molecule has 1 fully saturated rings. The number of nitrogens with zero attached hydrogens (tertiary/aromatic N) is 2. The molecule has 0 unspecified atom stereocenters. The van der Waals surface area contributed by atoms with Gasteiger partial charge in [0.25, 0.3) is 5.91 Å². The Morgan fingerprint density at radius 1 is 1.00 bits per heavy atom. The van der Waals surface area contributed by atoms with Crippen LogP contribution in [0.25, 0.3) is 0 Å². The molecule has 0 aromatic heterocycles. The van der Waals surface area contributed by atoms with Crippen molar-refractivity contribution in [1.82, 2.24) is 4.90 Å². The third-order valence-electron chi connectivity index (χ3n) is 5.66. The molecule has 0 saturated carbocycles. The highest BCUT2D eigenvalue weighted by atomic mass is 32.2. The molecule has 32 heavy (non-hydrogen) atoms. The average molecular weight is 452 g/mol. The zero-order chi connectivity index (χ0) is 22.7. The number of ketones is 1. The minimum Gasteiger partial charge on any atom is -0.341 e. The maximum absolute atomic E-state index is 13.3. The lowest BCUT2D eigenvalue weighted by Gasteiger charge is -2.36. The Labute approximate surface area is 191 Å². The predicted octanol–water partition coefficient (Wildman–Crippen LogP) is 3.35. The fraction of sp³-hybridized carbons (Fsp3) is 0.333. The minimum absolute atomic E-state index is 0.0553. The first kappa shape index (κ1) is 22.1. The summed E-state index contributed by atoms with van der Waals surface area (Å²) >= 11 is 1.26. The Morgan fingerprint density at radius 3 is 2.38 bits per heavy atom. The van der Waals surface area contributed by atoms with Gasteiger partial charge in [-0.05, 0) is 62.6 Å². The number of nitrogens with one attached hydrogen (secondary N) is 1. The van der Waals surface area contributed by atoms with Crippen LogP contribution in [0.5, 0.6) is 0 Å². The SMILES string of the molecule is CC(=O)c1ccc(NC(=O)CN2C(=O)[C@H](C(=O)N3CCCCC3)Sc3ccccc32)cc1. The van der Waals surface area contributed by atoms with Crippen molar-refractivity contribution in [1.29, 1.82) is 0 Å². The molecular weight excluding hydrogens is 426 g/mol. The fourth-order valence-corrected chi connectivity index (χ4v) is 5.14. The topological polar surface area (TPSA) is 86.8 Å². The number of piperidine rings is 1. The Morgan fingerprint density at radius 2 is 1.69 bits per heavy atom. The van der Waals surface area contributed by atoms with Gasteiger partial charge in [-0.3, -0.25) is 19.2 Å². The zero-order valence-corrected chi connectivity index (χ0v) is 18.7. The van der Waals surface area contributed by atoms with Gasteiger partial charge in [0.05, 0.1) is 5.69 Å². The summed E-state index contributed by atoms with van der Waals surface area (Å²) in [6.45, 7) is 2.62. The van der Waals surface area contributed by atoms with E-state index >= 15 is 0 Å². The second-order valence-electron chi connectivity index (χ2n) is 7.96. The van der Waals surface area contributed by atoms with Gasteiger partial charge in [0.1, 0.15) is 6.54 Å². The van der Waals surface area contributed by atoms with E-state index in [1.54, 1.807) is 35.2 Å². The second-order valence-corrected chi connectivity index (χ2v) is 9.10. The molecule has 1 atom stereocenters. The van der Waals surface area contributed by atoms with Gasteiger partial charge in [0.15, 0.2) is 11.0 Å². The molecule has 1 N–H and O–H groups in total. The van der Waals surface area contributed by atoms with E-state index in [1.807, 2.05) is 18.2 Å². The van der Waals surface area contributed by atoms with Gasteiger partial charge in [0.2, 0.25) is 11.8 Å². The number of rotatable bonds is 5. The standard InChI is InChI=1S/C24H25N3O4S/c1-16(28)17-9-11-18(12-10-17)25-21(29)15-27-19-7-3-4-8-20(19)32-22(24(27)31)23(30)26-13-5-2-6-14-26/h3-4,7-12,22H,2,5-6,13-15H2,1H3,(H,25,29)/t22-/m0/s1. The van der Waals surface area contributed by atoms with Crippen LogP contribution in [0.15, 0.2) is 53.4 Å². The molecule has 0 bridgehead atoms. The molecule has 2 aromatic rings. The lowest BCUT2D eigenvalue weighted by Crippen LogP contribution is -2.52. The maximum atomic E-state index is 13.3. The van der Waals surface area contributed by atoms with E-state index in [0.717, 1.165) is 24.2 Å². The Hall–Kier alpha value is -3.13. The molecule has 1 saturated heterocycles. The van der Waals surface area contributed by atoms with Crippen molar-refractivity contribution in [2.75, 3.05) is 29.9 Å². The normalized spacial score (nSPS) is 18.2. The van der Waals surface area contributed by atoms with Gasteiger partial charge in [-0.25, -0.2) is 0 Å². The van der Waals surface area contributed by atoms with Gasteiger partial charge in [-0.1, -0.05) is 12.1 Å². The molecule has 4 rings (SSSR count). The molecule has 0 radical (unpaired) electrons. The number of para-hydroxylation sites is 1. The summed E-state index contributed by atoms with van der Waals surface area (Å²) in [5.41, 5.74) is 1.72. The highest BCUT2D eigenvalue weighted by Gasteiger charge is 2.40. The van der Waals surface area contributed by atoms with E-state index in [1.165, 1.54) is 23.6 Å². The minimum atomic E-state index is -0.884. The number of carbonyl (C=O) groups is 4. The van der Waals surface area contributed by atoms with Crippen molar-refractivity contribution in [2.24, 2.45) is 0 Å². The summed E-state index contributed by atoms with van der Waals surface area (Å²) in [5.74, 6) is -0.981. The number of amides is 3. The number of hydrogen-bond acceptors (Lipinski definition) is 5. The molecule has 2 heterocycles. The number of anilines is 2. The first-order valence-corrected chi connectivity index (χ1v) is 11.6. The van der Waals surface area contributed by atoms with Gasteiger partial charge >= 0.3 is 0 Å². The lowest BCUT2D eigenvalue weighted by molar-refractivity contribution is -0.135. The third-order valence-corrected chi connectivity index (χ3v) is 6.90. The molecular formula is C24H25N3O4S. The summed E-state index contributed by atoms with van der Waals surface area (Å²) in [5, 5.41) is 1.88. The van der Waals surface area contributed by atoms with E-state index < -0.39 is 5.25 Å². The van der Waals surface area contributed by atoms with Crippen LogP contribution in [0.2, 0.25) is 0 Å². The molecule has 7 nitrogen and oxygen atoms in total. The Bertz CT molecular complexity index is 1050. The largest absolute Gasteiger partial charge is 0.341 e. The number of Topliss-reactive ketones (excluding diaryl/α,β-unsaturated/α-hetero) is 1. The van der Waals surface area contributed by atoms with Crippen LogP contribution in [0.1, 0.15) is 36.5 Å². The first-order chi connectivity index (χ1) is 15.4. The molecule has 3 amide bonds. The Balaban J connectivity index is 1.52. The van der Waals surface area contributed by atoms with E-state index in [0.29, 0.717) is 30.0 Å². The van der Waals surface area contributed by atoms with E-state index in [-0.39, 0.29) is 30.0 Å². The van der Waals surface area contributed by atoms with Crippen LogP contribution >= 0.6 is 11.8 Å². The molecule has 2 aliphatic heterocycles. The van der Waals surface area contributed by atoms with Gasteiger partial charge in [-0.2, -0.15) is 0 Å². The fourth-order valence-electron chi connectivity index (χ4n) is 3.95. The quantitative estimate of drug-likeness (QED) is 0.557. The van der Waals surface area contributed by atoms with Crippen molar-refractivity contribution in [3.05, 3.63) is 54.1 Å². The van der Waals surface area contributed by atoms with Gasteiger partial charge < -0.3 is 15.1 Å². The van der Waals surface area contributed by atoms with E-state index in [4.69, 9.17) is 0 Å². The second kappa shape index (κ2) is 9.56. The monoisotopic (exact) mass is 451 g/mol. The summed E-state index contributed by atoms with van der Waals surface area (Å²) in [4.78, 5) is 54.6. The van der Waals surface area contributed by atoms with Gasteiger partial charge in [0, 0.05) is 29.2 Å². The maximum Gasteiger partial charge on any atom is 0.250 e. The van der Waals surface area contributed by atoms with Crippen LogP contribution in [0.4, 0.5) is 11.4 Å². The average Bonchev–Trinajstić information content (AvgIpc) is 2.81. The summed E-state index contributed by atoms with van der Waals surface area (Å²) < 4.78 is 0.